The number of aromatic nitrogens is 1. The molecule has 2 aromatic carbocycles. The maximum atomic E-state index is 13.5. The van der Waals surface area contributed by atoms with Crippen LogP contribution >= 0.6 is 0 Å². The molecule has 3 N–H and O–H groups in total. The van der Waals surface area contributed by atoms with Gasteiger partial charge in [0.1, 0.15) is 23.5 Å². The number of hydrogen-bond acceptors (Lipinski definition) is 8. The Balaban J connectivity index is 1.57. The van der Waals surface area contributed by atoms with Crippen LogP contribution in [0, 0.1) is 11.3 Å². The standard InChI is InChI=1S/C24H23N5O4/c1-12-19(23-27-21-17(32-3)9-15(13(2)30)10-18(21)33-23)24(31)29-22(26-12)20(16(11-25)28-29)14-7-5-4-6-8-14/h4-10,13,16,20,22,26,28,30H,1-3H3. The van der Waals surface area contributed by atoms with Gasteiger partial charge < -0.3 is 19.6 Å². The van der Waals surface area contributed by atoms with Crippen molar-refractivity contribution in [3.8, 4) is 11.8 Å². The van der Waals surface area contributed by atoms with Crippen LogP contribution in [-0.2, 0) is 4.79 Å². The first-order valence-electron chi connectivity index (χ1n) is 10.6. The normalized spacial score (nSPS) is 23.3. The lowest BCUT2D eigenvalue weighted by atomic mass is 9.90. The summed E-state index contributed by atoms with van der Waals surface area (Å²) in [6, 6.07) is 14.7. The number of ether oxygens (including phenoxy) is 1. The van der Waals surface area contributed by atoms with Gasteiger partial charge in [-0.25, -0.2) is 15.4 Å². The Morgan fingerprint density at radius 2 is 2.06 bits per heavy atom. The first kappa shape index (κ1) is 21.0. The van der Waals surface area contributed by atoms with E-state index in [1.54, 1.807) is 26.0 Å². The van der Waals surface area contributed by atoms with Gasteiger partial charge in [-0.1, -0.05) is 30.3 Å². The third-order valence-electron chi connectivity index (χ3n) is 6.15. The topological polar surface area (TPSA) is 124 Å². The molecule has 0 spiro atoms. The second-order valence-corrected chi connectivity index (χ2v) is 8.20. The minimum Gasteiger partial charge on any atom is -0.494 e. The molecule has 5 rings (SSSR count). The van der Waals surface area contributed by atoms with Gasteiger partial charge in [-0.05, 0) is 37.1 Å². The van der Waals surface area contributed by atoms with Crippen molar-refractivity contribution in [1.82, 2.24) is 20.7 Å². The van der Waals surface area contributed by atoms with Crippen LogP contribution in [0.1, 0.15) is 42.9 Å². The molecule has 3 aromatic rings. The number of aliphatic hydroxyl groups is 1. The summed E-state index contributed by atoms with van der Waals surface area (Å²) in [6.07, 6.45) is -1.16. The number of aliphatic hydroxyl groups excluding tert-OH is 1. The Labute approximate surface area is 190 Å². The fraction of sp³-hybridized carbons (Fsp3) is 0.292. The van der Waals surface area contributed by atoms with Crippen molar-refractivity contribution in [1.29, 1.82) is 5.26 Å². The fourth-order valence-corrected chi connectivity index (χ4v) is 4.50. The average molecular weight is 445 g/mol. The Kier molecular flexibility index (Phi) is 5.04. The second-order valence-electron chi connectivity index (χ2n) is 8.20. The maximum Gasteiger partial charge on any atom is 0.277 e. The number of fused-ring (bicyclic) bond motifs is 2. The zero-order valence-electron chi connectivity index (χ0n) is 18.4. The molecule has 0 aliphatic carbocycles. The Morgan fingerprint density at radius 3 is 2.73 bits per heavy atom. The van der Waals surface area contributed by atoms with Crippen LogP contribution in [0.25, 0.3) is 16.7 Å². The molecule has 0 bridgehead atoms. The zero-order valence-corrected chi connectivity index (χ0v) is 18.4. The van der Waals surface area contributed by atoms with Gasteiger partial charge in [0, 0.05) is 5.70 Å². The van der Waals surface area contributed by atoms with Crippen molar-refractivity contribution in [2.24, 2.45) is 0 Å². The predicted molar refractivity (Wildman–Crippen MR) is 119 cm³/mol. The highest BCUT2D eigenvalue weighted by Gasteiger charge is 2.49. The number of hydrazine groups is 1. The summed E-state index contributed by atoms with van der Waals surface area (Å²) < 4.78 is 11.4. The lowest BCUT2D eigenvalue weighted by Gasteiger charge is -2.34. The maximum absolute atomic E-state index is 13.5. The summed E-state index contributed by atoms with van der Waals surface area (Å²) in [5.74, 6) is -0.0122. The molecule has 2 aliphatic heterocycles. The van der Waals surface area contributed by atoms with Crippen molar-refractivity contribution < 1.29 is 19.1 Å². The largest absolute Gasteiger partial charge is 0.494 e. The summed E-state index contributed by atoms with van der Waals surface area (Å²) in [5, 5.41) is 24.5. The van der Waals surface area contributed by atoms with Gasteiger partial charge in [0.05, 0.1) is 25.2 Å². The number of benzene rings is 2. The van der Waals surface area contributed by atoms with E-state index in [1.807, 2.05) is 30.3 Å². The van der Waals surface area contributed by atoms with Crippen LogP contribution in [0.15, 0.2) is 52.6 Å². The highest BCUT2D eigenvalue weighted by molar-refractivity contribution is 6.20. The van der Waals surface area contributed by atoms with E-state index < -0.39 is 18.3 Å². The highest BCUT2D eigenvalue weighted by Crippen LogP contribution is 2.38. The fourth-order valence-electron chi connectivity index (χ4n) is 4.50. The monoisotopic (exact) mass is 445 g/mol. The van der Waals surface area contributed by atoms with E-state index in [4.69, 9.17) is 9.15 Å². The van der Waals surface area contributed by atoms with Crippen molar-refractivity contribution in [2.45, 2.75) is 38.1 Å². The molecule has 2 aliphatic rings. The number of nitrogens with zero attached hydrogens (tertiary/aromatic N) is 3. The number of amides is 1. The van der Waals surface area contributed by atoms with E-state index in [1.165, 1.54) is 12.1 Å². The van der Waals surface area contributed by atoms with E-state index in [0.717, 1.165) is 5.56 Å². The Bertz CT molecular complexity index is 1310. The zero-order chi connectivity index (χ0) is 23.3. The third-order valence-corrected chi connectivity index (χ3v) is 6.15. The Morgan fingerprint density at radius 1 is 1.30 bits per heavy atom. The molecule has 4 atom stereocenters. The molecule has 33 heavy (non-hydrogen) atoms. The highest BCUT2D eigenvalue weighted by atomic mass is 16.5. The lowest BCUT2D eigenvalue weighted by molar-refractivity contribution is -0.130. The van der Waals surface area contributed by atoms with Crippen LogP contribution in [0.3, 0.4) is 0 Å². The van der Waals surface area contributed by atoms with Gasteiger partial charge in [-0.2, -0.15) is 5.26 Å². The van der Waals surface area contributed by atoms with Crippen molar-refractivity contribution in [3.05, 3.63) is 65.2 Å². The van der Waals surface area contributed by atoms with Crippen LogP contribution in [0.2, 0.25) is 0 Å². The first-order chi connectivity index (χ1) is 15.9. The number of allylic oxidation sites excluding steroid dienone is 1. The molecule has 4 unspecified atom stereocenters. The van der Waals surface area contributed by atoms with Crippen LogP contribution in [0.5, 0.6) is 5.75 Å². The van der Waals surface area contributed by atoms with Gasteiger partial charge in [-0.3, -0.25) is 4.79 Å². The molecule has 0 saturated carbocycles. The third kappa shape index (κ3) is 3.31. The molecule has 9 heteroatoms. The van der Waals surface area contributed by atoms with Gasteiger partial charge in [0.25, 0.3) is 5.91 Å². The number of rotatable bonds is 4. The molecule has 1 aromatic heterocycles. The number of hydrogen-bond donors (Lipinski definition) is 3. The first-order valence-corrected chi connectivity index (χ1v) is 10.6. The minimum atomic E-state index is -0.719. The molecule has 168 valence electrons. The summed E-state index contributed by atoms with van der Waals surface area (Å²) >= 11 is 0. The molecule has 1 amide bonds. The van der Waals surface area contributed by atoms with E-state index in [0.29, 0.717) is 28.1 Å². The lowest BCUT2D eigenvalue weighted by Crippen LogP contribution is -2.54. The van der Waals surface area contributed by atoms with Crippen LogP contribution in [0.4, 0.5) is 0 Å². The van der Waals surface area contributed by atoms with Gasteiger partial charge in [0.2, 0.25) is 5.89 Å². The summed E-state index contributed by atoms with van der Waals surface area (Å²) in [7, 11) is 1.51. The van der Waals surface area contributed by atoms with E-state index in [2.05, 4.69) is 21.8 Å². The summed E-state index contributed by atoms with van der Waals surface area (Å²) in [6.45, 7) is 3.44. The van der Waals surface area contributed by atoms with Crippen molar-refractivity contribution in [3.63, 3.8) is 0 Å². The minimum absolute atomic E-state index is 0.137. The van der Waals surface area contributed by atoms with E-state index in [-0.39, 0.29) is 23.3 Å². The average Bonchev–Trinajstić information content (AvgIpc) is 3.40. The second kappa shape index (κ2) is 7.92. The van der Waals surface area contributed by atoms with Crippen LogP contribution in [-0.4, -0.2) is 40.3 Å². The number of nitrogens with one attached hydrogen (secondary N) is 2. The van der Waals surface area contributed by atoms with Gasteiger partial charge in [0.15, 0.2) is 11.1 Å². The number of methoxy groups -OCH3 is 1. The Hall–Kier alpha value is -3.87. The summed E-state index contributed by atoms with van der Waals surface area (Å²) in [4.78, 5) is 18.1. The molecular formula is C24H23N5O4. The quantitative estimate of drug-likeness (QED) is 0.560. The van der Waals surface area contributed by atoms with Crippen molar-refractivity contribution in [2.75, 3.05) is 7.11 Å². The number of carbonyl (C=O) groups excluding carboxylic acids is 1. The van der Waals surface area contributed by atoms with E-state index >= 15 is 0 Å². The molecule has 9 nitrogen and oxygen atoms in total. The number of nitriles is 1. The van der Waals surface area contributed by atoms with E-state index in [9.17, 15) is 15.2 Å². The molecule has 3 heterocycles. The predicted octanol–water partition coefficient (Wildman–Crippen LogP) is 2.57. The number of oxazole rings is 1. The van der Waals surface area contributed by atoms with Gasteiger partial charge >= 0.3 is 0 Å². The van der Waals surface area contributed by atoms with Gasteiger partial charge in [-0.15, -0.1) is 0 Å². The molecule has 0 radical (unpaired) electrons. The smallest absolute Gasteiger partial charge is 0.277 e. The molecular weight excluding hydrogens is 422 g/mol. The summed E-state index contributed by atoms with van der Waals surface area (Å²) in [5.41, 5.74) is 6.34. The SMILES string of the molecule is COc1cc(C(C)O)cc2oc(C3=C(C)NC4C(c5ccccc5)C(C#N)NN4C3=O)nc12. The van der Waals surface area contributed by atoms with Crippen LogP contribution < -0.4 is 15.5 Å². The molecule has 1 fully saturated rings. The molecule has 1 saturated heterocycles. The number of carbonyl (C=O) groups is 1. The van der Waals surface area contributed by atoms with Crippen molar-refractivity contribution >= 4 is 22.6 Å².